The molecule has 178 valence electrons. The van der Waals surface area contributed by atoms with Gasteiger partial charge in [-0.2, -0.15) is 0 Å². The lowest BCUT2D eigenvalue weighted by atomic mass is 10.0. The summed E-state index contributed by atoms with van der Waals surface area (Å²) in [6.45, 7) is 0.467. The highest BCUT2D eigenvalue weighted by Crippen LogP contribution is 2.29. The van der Waals surface area contributed by atoms with Crippen LogP contribution < -0.4 is 20.5 Å². The molecular formula is C26H26N6O2S. The standard InChI is InChI=1S/C26H26N6O2S/c27-24(23-25(28)30-15-31-26(23)32-18-4-1-2-5-18)17-8-10-19(11-9-17)34-21-7-3-6-20(12-21)33-14-22-13-29-16-35-22/h3,6-13,15-16,18,27H,1-2,4-5,14H2,(H3,28,30,31,32). The van der Waals surface area contributed by atoms with Crippen molar-refractivity contribution >= 4 is 28.7 Å². The highest BCUT2D eigenvalue weighted by molar-refractivity contribution is 7.09. The second-order valence-electron chi connectivity index (χ2n) is 8.34. The normalized spacial score (nSPS) is 13.5. The van der Waals surface area contributed by atoms with Gasteiger partial charge in [-0.15, -0.1) is 11.3 Å². The summed E-state index contributed by atoms with van der Waals surface area (Å²) in [4.78, 5) is 13.6. The molecule has 1 aliphatic rings. The molecule has 2 aromatic heterocycles. The molecule has 4 aromatic rings. The van der Waals surface area contributed by atoms with E-state index in [4.69, 9.17) is 20.6 Å². The van der Waals surface area contributed by atoms with Crippen LogP contribution in [0.1, 0.15) is 41.7 Å². The lowest BCUT2D eigenvalue weighted by molar-refractivity contribution is 0.308. The van der Waals surface area contributed by atoms with Crippen LogP contribution in [0.5, 0.6) is 17.2 Å². The summed E-state index contributed by atoms with van der Waals surface area (Å²) in [5.41, 5.74) is 9.45. The molecule has 5 rings (SSSR count). The molecule has 35 heavy (non-hydrogen) atoms. The van der Waals surface area contributed by atoms with E-state index in [0.29, 0.717) is 46.9 Å². The lowest BCUT2D eigenvalue weighted by Gasteiger charge is -2.17. The number of rotatable bonds is 9. The van der Waals surface area contributed by atoms with Crippen LogP contribution >= 0.6 is 11.3 Å². The highest BCUT2D eigenvalue weighted by Gasteiger charge is 2.21. The fraction of sp³-hybridized carbons (Fsp3) is 0.231. The number of ether oxygens (including phenoxy) is 2. The molecule has 0 unspecified atom stereocenters. The Balaban J connectivity index is 1.27. The Kier molecular flexibility index (Phi) is 6.85. The van der Waals surface area contributed by atoms with Crippen molar-refractivity contribution in [2.45, 2.75) is 38.3 Å². The zero-order valence-corrected chi connectivity index (χ0v) is 19.9. The van der Waals surface area contributed by atoms with Crippen molar-refractivity contribution in [2.75, 3.05) is 11.1 Å². The molecule has 0 aliphatic heterocycles. The van der Waals surface area contributed by atoms with Gasteiger partial charge in [-0.25, -0.2) is 9.97 Å². The fourth-order valence-corrected chi connectivity index (χ4v) is 4.59. The van der Waals surface area contributed by atoms with Crippen molar-refractivity contribution in [3.8, 4) is 17.2 Å². The van der Waals surface area contributed by atoms with Crippen LogP contribution in [0.25, 0.3) is 0 Å². The van der Waals surface area contributed by atoms with Crippen LogP contribution in [-0.4, -0.2) is 26.7 Å². The van der Waals surface area contributed by atoms with Crippen LogP contribution in [0.2, 0.25) is 0 Å². The Morgan fingerprint density at radius 1 is 1.06 bits per heavy atom. The first-order valence-corrected chi connectivity index (χ1v) is 12.4. The molecule has 9 heteroatoms. The maximum atomic E-state index is 8.79. The third-order valence-corrected chi connectivity index (χ3v) is 6.62. The van der Waals surface area contributed by atoms with Gasteiger partial charge in [0.25, 0.3) is 0 Å². The van der Waals surface area contributed by atoms with Gasteiger partial charge < -0.3 is 20.5 Å². The van der Waals surface area contributed by atoms with E-state index in [2.05, 4.69) is 20.3 Å². The molecule has 1 aliphatic carbocycles. The second kappa shape index (κ2) is 10.5. The van der Waals surface area contributed by atoms with Crippen LogP contribution in [0, 0.1) is 5.41 Å². The molecular weight excluding hydrogens is 460 g/mol. The Bertz CT molecular complexity index is 1290. The van der Waals surface area contributed by atoms with Gasteiger partial charge in [-0.1, -0.05) is 18.9 Å². The van der Waals surface area contributed by atoms with E-state index in [-0.39, 0.29) is 5.71 Å². The molecule has 8 nitrogen and oxygen atoms in total. The Hall–Kier alpha value is -3.98. The van der Waals surface area contributed by atoms with Gasteiger partial charge in [0.15, 0.2) is 0 Å². The second-order valence-corrected chi connectivity index (χ2v) is 9.31. The Labute approximate surface area is 207 Å². The van der Waals surface area contributed by atoms with Gasteiger partial charge >= 0.3 is 0 Å². The largest absolute Gasteiger partial charge is 0.488 e. The average molecular weight is 487 g/mol. The van der Waals surface area contributed by atoms with Crippen molar-refractivity contribution < 1.29 is 9.47 Å². The monoisotopic (exact) mass is 486 g/mol. The van der Waals surface area contributed by atoms with Crippen molar-refractivity contribution in [3.63, 3.8) is 0 Å². The summed E-state index contributed by atoms with van der Waals surface area (Å²) in [5.74, 6) is 2.95. The minimum atomic E-state index is 0.272. The first-order valence-electron chi connectivity index (χ1n) is 11.5. The minimum absolute atomic E-state index is 0.272. The predicted octanol–water partition coefficient (Wildman–Crippen LogP) is 5.66. The molecule has 4 N–H and O–H groups in total. The Morgan fingerprint density at radius 3 is 2.63 bits per heavy atom. The smallest absolute Gasteiger partial charge is 0.141 e. The Morgan fingerprint density at radius 2 is 1.86 bits per heavy atom. The number of nitrogen functional groups attached to an aromatic ring is 1. The minimum Gasteiger partial charge on any atom is -0.488 e. The number of hydrogen-bond acceptors (Lipinski definition) is 9. The molecule has 0 radical (unpaired) electrons. The molecule has 0 bridgehead atoms. The fourth-order valence-electron chi connectivity index (χ4n) is 4.08. The number of aromatic nitrogens is 3. The molecule has 0 amide bonds. The van der Waals surface area contributed by atoms with E-state index in [9.17, 15) is 0 Å². The van der Waals surface area contributed by atoms with Crippen LogP contribution in [0.4, 0.5) is 11.6 Å². The van der Waals surface area contributed by atoms with Gasteiger partial charge in [0.2, 0.25) is 0 Å². The summed E-state index contributed by atoms with van der Waals surface area (Å²) < 4.78 is 11.8. The molecule has 0 atom stereocenters. The third kappa shape index (κ3) is 5.58. The average Bonchev–Trinajstić information content (AvgIpc) is 3.58. The molecule has 0 spiro atoms. The van der Waals surface area contributed by atoms with Crippen molar-refractivity contribution in [1.29, 1.82) is 5.41 Å². The number of hydrogen-bond donors (Lipinski definition) is 3. The quantitative estimate of drug-likeness (QED) is 0.261. The summed E-state index contributed by atoms with van der Waals surface area (Å²) in [6.07, 6.45) is 7.84. The van der Waals surface area contributed by atoms with Crippen molar-refractivity contribution in [3.05, 3.63) is 82.6 Å². The third-order valence-electron chi connectivity index (χ3n) is 5.87. The molecule has 0 saturated heterocycles. The van der Waals surface area contributed by atoms with Gasteiger partial charge in [-0.3, -0.25) is 10.4 Å². The predicted molar refractivity (Wildman–Crippen MR) is 138 cm³/mol. The topological polar surface area (TPSA) is 119 Å². The van der Waals surface area contributed by atoms with Gasteiger partial charge in [0.1, 0.15) is 41.8 Å². The van der Waals surface area contributed by atoms with E-state index >= 15 is 0 Å². The zero-order chi connectivity index (χ0) is 24.0. The van der Waals surface area contributed by atoms with Crippen molar-refractivity contribution in [1.82, 2.24) is 15.0 Å². The summed E-state index contributed by atoms with van der Waals surface area (Å²) in [5, 5.41) is 12.2. The van der Waals surface area contributed by atoms with Gasteiger partial charge in [-0.05, 0) is 49.2 Å². The van der Waals surface area contributed by atoms with E-state index in [1.165, 1.54) is 19.2 Å². The van der Waals surface area contributed by atoms with Gasteiger partial charge in [0.05, 0.1) is 21.7 Å². The first kappa shape index (κ1) is 22.8. The number of nitrogens with two attached hydrogens (primary N) is 1. The maximum absolute atomic E-state index is 8.79. The van der Waals surface area contributed by atoms with Crippen LogP contribution in [-0.2, 0) is 6.61 Å². The molecule has 2 heterocycles. The zero-order valence-electron chi connectivity index (χ0n) is 19.1. The SMILES string of the molecule is N=C(c1ccc(Oc2cccc(OCc3cncs3)c2)cc1)c1c(N)ncnc1NC1CCCC1. The van der Waals surface area contributed by atoms with E-state index in [1.807, 2.05) is 48.5 Å². The van der Waals surface area contributed by atoms with Crippen LogP contribution in [0.3, 0.4) is 0 Å². The van der Waals surface area contributed by atoms with Gasteiger partial charge in [0, 0.05) is 23.9 Å². The van der Waals surface area contributed by atoms with E-state index in [0.717, 1.165) is 23.5 Å². The molecule has 1 saturated carbocycles. The first-order chi connectivity index (χ1) is 17.2. The molecule has 2 aromatic carbocycles. The van der Waals surface area contributed by atoms with Crippen LogP contribution in [0.15, 0.2) is 66.6 Å². The summed E-state index contributed by atoms with van der Waals surface area (Å²) in [7, 11) is 0. The number of anilines is 2. The number of benzene rings is 2. The summed E-state index contributed by atoms with van der Waals surface area (Å²) >= 11 is 1.56. The van der Waals surface area contributed by atoms with E-state index in [1.54, 1.807) is 23.0 Å². The highest BCUT2D eigenvalue weighted by atomic mass is 32.1. The van der Waals surface area contributed by atoms with Crippen molar-refractivity contribution in [2.24, 2.45) is 0 Å². The lowest BCUT2D eigenvalue weighted by Crippen LogP contribution is -2.20. The molecule has 1 fully saturated rings. The number of nitrogens with one attached hydrogen (secondary N) is 2. The number of thiazole rings is 1. The maximum Gasteiger partial charge on any atom is 0.141 e. The van der Waals surface area contributed by atoms with E-state index < -0.39 is 0 Å². The summed E-state index contributed by atoms with van der Waals surface area (Å²) in [6, 6.07) is 15.2. The number of nitrogens with zero attached hydrogens (tertiary/aromatic N) is 3.